The second kappa shape index (κ2) is 10.3. The molecule has 1 aromatic carbocycles. The standard InChI is InChI=1S/C18H26F3N3O.HI/c1-3-22-16(23-4-2)24-13-17(8-10-25-11-9-17)14-6-5-7-15(12-14)18(19,20)21;/h5-7,12H,3-4,8-11,13H2,1-2H3,(H2,22,23,24);1H. The van der Waals surface area contributed by atoms with Gasteiger partial charge in [0.2, 0.25) is 0 Å². The lowest BCUT2D eigenvalue weighted by molar-refractivity contribution is -0.137. The Balaban J connectivity index is 0.00000338. The second-order valence-corrected chi connectivity index (χ2v) is 6.20. The smallest absolute Gasteiger partial charge is 0.381 e. The number of alkyl halides is 3. The Morgan fingerprint density at radius 1 is 1.15 bits per heavy atom. The van der Waals surface area contributed by atoms with Gasteiger partial charge in [-0.25, -0.2) is 0 Å². The summed E-state index contributed by atoms with van der Waals surface area (Å²) in [5.74, 6) is 0.683. The minimum absolute atomic E-state index is 0. The molecule has 0 amide bonds. The summed E-state index contributed by atoms with van der Waals surface area (Å²) in [6.07, 6.45) is -3.03. The molecule has 2 rings (SSSR count). The van der Waals surface area contributed by atoms with Gasteiger partial charge in [-0.15, -0.1) is 24.0 Å². The minimum atomic E-state index is -4.34. The molecule has 1 aliphatic rings. The zero-order valence-corrected chi connectivity index (χ0v) is 17.5. The summed E-state index contributed by atoms with van der Waals surface area (Å²) >= 11 is 0. The van der Waals surface area contributed by atoms with Gasteiger partial charge in [-0.2, -0.15) is 13.2 Å². The van der Waals surface area contributed by atoms with Crippen molar-refractivity contribution in [3.63, 3.8) is 0 Å². The van der Waals surface area contributed by atoms with E-state index >= 15 is 0 Å². The van der Waals surface area contributed by atoms with Crippen LogP contribution in [0.3, 0.4) is 0 Å². The lowest BCUT2D eigenvalue weighted by Crippen LogP contribution is -2.41. The first-order valence-corrected chi connectivity index (χ1v) is 8.69. The Labute approximate surface area is 170 Å². The minimum Gasteiger partial charge on any atom is -0.381 e. The lowest BCUT2D eigenvalue weighted by Gasteiger charge is -2.37. The van der Waals surface area contributed by atoms with E-state index in [2.05, 4.69) is 15.6 Å². The van der Waals surface area contributed by atoms with Crippen LogP contribution in [0.2, 0.25) is 0 Å². The van der Waals surface area contributed by atoms with Crippen molar-refractivity contribution in [3.8, 4) is 0 Å². The van der Waals surface area contributed by atoms with Crippen LogP contribution >= 0.6 is 24.0 Å². The van der Waals surface area contributed by atoms with Crippen LogP contribution < -0.4 is 10.6 Å². The molecule has 2 N–H and O–H groups in total. The molecule has 1 aromatic rings. The number of rotatable bonds is 5. The molecule has 0 spiro atoms. The van der Waals surface area contributed by atoms with Gasteiger partial charge in [0, 0.05) is 31.7 Å². The third-order valence-electron chi connectivity index (χ3n) is 4.48. The fraction of sp³-hybridized carbons (Fsp3) is 0.611. The summed E-state index contributed by atoms with van der Waals surface area (Å²) in [5, 5.41) is 6.31. The Morgan fingerprint density at radius 3 is 2.31 bits per heavy atom. The van der Waals surface area contributed by atoms with Gasteiger partial charge in [-0.1, -0.05) is 18.2 Å². The van der Waals surface area contributed by atoms with Crippen LogP contribution in [0.1, 0.15) is 37.8 Å². The van der Waals surface area contributed by atoms with E-state index in [-0.39, 0.29) is 24.0 Å². The summed E-state index contributed by atoms with van der Waals surface area (Å²) in [6.45, 7) is 6.89. The third-order valence-corrected chi connectivity index (χ3v) is 4.48. The van der Waals surface area contributed by atoms with Gasteiger partial charge in [-0.05, 0) is 38.3 Å². The molecule has 26 heavy (non-hydrogen) atoms. The van der Waals surface area contributed by atoms with Crippen LogP contribution in [0.4, 0.5) is 13.2 Å². The molecule has 0 bridgehead atoms. The molecule has 4 nitrogen and oxygen atoms in total. The van der Waals surface area contributed by atoms with Crippen molar-refractivity contribution < 1.29 is 17.9 Å². The Kier molecular flexibility index (Phi) is 9.15. The first-order chi connectivity index (χ1) is 11.9. The van der Waals surface area contributed by atoms with E-state index in [4.69, 9.17) is 4.74 Å². The molecule has 0 atom stereocenters. The highest BCUT2D eigenvalue weighted by molar-refractivity contribution is 14.0. The maximum atomic E-state index is 13.1. The summed E-state index contributed by atoms with van der Waals surface area (Å²) in [5.41, 5.74) is -0.365. The van der Waals surface area contributed by atoms with E-state index in [0.29, 0.717) is 44.1 Å². The van der Waals surface area contributed by atoms with Crippen molar-refractivity contribution in [2.45, 2.75) is 38.3 Å². The van der Waals surface area contributed by atoms with Gasteiger partial charge in [0.05, 0.1) is 12.1 Å². The lowest BCUT2D eigenvalue weighted by atomic mass is 9.74. The van der Waals surface area contributed by atoms with Crippen LogP contribution in [-0.2, 0) is 16.3 Å². The fourth-order valence-electron chi connectivity index (χ4n) is 3.07. The van der Waals surface area contributed by atoms with Crippen molar-refractivity contribution >= 4 is 29.9 Å². The maximum Gasteiger partial charge on any atom is 0.416 e. The largest absolute Gasteiger partial charge is 0.416 e. The summed E-state index contributed by atoms with van der Waals surface area (Å²) in [4.78, 5) is 4.62. The summed E-state index contributed by atoms with van der Waals surface area (Å²) in [6, 6.07) is 5.63. The van der Waals surface area contributed by atoms with E-state index in [9.17, 15) is 13.2 Å². The first kappa shape index (κ1) is 23.0. The van der Waals surface area contributed by atoms with Gasteiger partial charge in [0.25, 0.3) is 0 Å². The number of hydrogen-bond acceptors (Lipinski definition) is 2. The number of nitrogens with zero attached hydrogens (tertiary/aromatic N) is 1. The number of ether oxygens (including phenoxy) is 1. The van der Waals surface area contributed by atoms with E-state index < -0.39 is 17.2 Å². The van der Waals surface area contributed by atoms with E-state index in [1.807, 2.05) is 13.8 Å². The molecule has 0 saturated carbocycles. The second-order valence-electron chi connectivity index (χ2n) is 6.20. The van der Waals surface area contributed by atoms with Gasteiger partial charge < -0.3 is 15.4 Å². The van der Waals surface area contributed by atoms with Crippen LogP contribution in [0, 0.1) is 0 Å². The summed E-state index contributed by atoms with van der Waals surface area (Å²) in [7, 11) is 0. The van der Waals surface area contributed by atoms with Gasteiger partial charge in [0.15, 0.2) is 5.96 Å². The number of hydrogen-bond donors (Lipinski definition) is 2. The van der Waals surface area contributed by atoms with Gasteiger partial charge >= 0.3 is 6.18 Å². The SMILES string of the molecule is CCNC(=NCC1(c2cccc(C(F)(F)F)c2)CCOCC1)NCC.I. The number of guanidine groups is 1. The van der Waals surface area contributed by atoms with Crippen molar-refractivity contribution in [2.75, 3.05) is 32.8 Å². The highest BCUT2D eigenvalue weighted by Gasteiger charge is 2.37. The van der Waals surface area contributed by atoms with E-state index in [1.165, 1.54) is 12.1 Å². The molecule has 0 unspecified atom stereocenters. The van der Waals surface area contributed by atoms with Crippen molar-refractivity contribution in [2.24, 2.45) is 4.99 Å². The van der Waals surface area contributed by atoms with Crippen LogP contribution in [-0.4, -0.2) is 38.8 Å². The number of nitrogens with one attached hydrogen (secondary N) is 2. The Hall–Kier alpha value is -1.03. The zero-order valence-electron chi connectivity index (χ0n) is 15.2. The van der Waals surface area contributed by atoms with Gasteiger partial charge in [0.1, 0.15) is 0 Å². The molecule has 1 fully saturated rings. The number of benzene rings is 1. The quantitative estimate of drug-likeness (QED) is 0.378. The molecular weight excluding hydrogens is 458 g/mol. The maximum absolute atomic E-state index is 13.1. The summed E-state index contributed by atoms with van der Waals surface area (Å²) < 4.78 is 44.8. The van der Waals surface area contributed by atoms with Gasteiger partial charge in [-0.3, -0.25) is 4.99 Å². The van der Waals surface area contributed by atoms with Crippen molar-refractivity contribution in [1.82, 2.24) is 10.6 Å². The van der Waals surface area contributed by atoms with Crippen LogP contribution in [0.5, 0.6) is 0 Å². The molecule has 0 aliphatic carbocycles. The van der Waals surface area contributed by atoms with Crippen LogP contribution in [0.25, 0.3) is 0 Å². The monoisotopic (exact) mass is 485 g/mol. The molecule has 1 saturated heterocycles. The molecule has 1 aliphatic heterocycles. The number of aliphatic imine (C=N–C) groups is 1. The average Bonchev–Trinajstić information content (AvgIpc) is 2.60. The Morgan fingerprint density at radius 2 is 1.77 bits per heavy atom. The predicted octanol–water partition coefficient (Wildman–Crippen LogP) is 3.95. The predicted molar refractivity (Wildman–Crippen MR) is 108 cm³/mol. The topological polar surface area (TPSA) is 45.7 Å². The highest BCUT2D eigenvalue weighted by Crippen LogP contribution is 2.38. The highest BCUT2D eigenvalue weighted by atomic mass is 127. The zero-order chi connectivity index (χ0) is 18.3. The third kappa shape index (κ3) is 6.00. The van der Waals surface area contributed by atoms with Crippen LogP contribution in [0.15, 0.2) is 29.3 Å². The average molecular weight is 485 g/mol. The Bertz CT molecular complexity index is 579. The molecule has 148 valence electrons. The first-order valence-electron chi connectivity index (χ1n) is 8.69. The molecule has 8 heteroatoms. The number of halogens is 4. The van der Waals surface area contributed by atoms with E-state index in [0.717, 1.165) is 19.2 Å². The van der Waals surface area contributed by atoms with E-state index in [1.54, 1.807) is 6.07 Å². The fourth-order valence-corrected chi connectivity index (χ4v) is 3.07. The molecule has 1 heterocycles. The van der Waals surface area contributed by atoms with Crippen molar-refractivity contribution in [1.29, 1.82) is 0 Å². The molecule has 0 aromatic heterocycles. The molecule has 0 radical (unpaired) electrons. The van der Waals surface area contributed by atoms with Crippen molar-refractivity contribution in [3.05, 3.63) is 35.4 Å². The normalized spacial score (nSPS) is 16.3. The molecular formula is C18H27F3IN3O.